The van der Waals surface area contributed by atoms with Crippen LogP contribution in [0.25, 0.3) is 0 Å². The molecule has 1 heterocycles. The standard InChI is InChI=1S/C17H23N3OS/c1-4-18-17(19-12-16-6-5-11-22-16)20(2)13-14-7-9-15(21-3)10-8-14/h5-11H,4,12-13H2,1-3H3,(H,18,19). The molecule has 0 unspecified atom stereocenters. The van der Waals surface area contributed by atoms with Crippen LogP contribution in [0.3, 0.4) is 0 Å². The molecule has 0 saturated heterocycles. The van der Waals surface area contributed by atoms with E-state index in [1.54, 1.807) is 18.4 Å². The molecular formula is C17H23N3OS. The summed E-state index contributed by atoms with van der Waals surface area (Å²) in [4.78, 5) is 8.11. The van der Waals surface area contributed by atoms with Gasteiger partial charge < -0.3 is 15.0 Å². The zero-order chi connectivity index (χ0) is 15.8. The van der Waals surface area contributed by atoms with E-state index >= 15 is 0 Å². The maximum Gasteiger partial charge on any atom is 0.194 e. The third kappa shape index (κ3) is 4.77. The fraction of sp³-hybridized carbons (Fsp3) is 0.353. The molecule has 0 aliphatic rings. The van der Waals surface area contributed by atoms with Gasteiger partial charge in [-0.2, -0.15) is 0 Å². The minimum atomic E-state index is 0.715. The fourth-order valence-corrected chi connectivity index (χ4v) is 2.73. The number of benzene rings is 1. The summed E-state index contributed by atoms with van der Waals surface area (Å²) in [6.07, 6.45) is 0. The molecule has 4 nitrogen and oxygen atoms in total. The molecule has 0 fully saturated rings. The Kier molecular flexibility index (Phi) is 6.27. The van der Waals surface area contributed by atoms with Crippen LogP contribution in [-0.2, 0) is 13.1 Å². The molecule has 0 aliphatic heterocycles. The highest BCUT2D eigenvalue weighted by Gasteiger charge is 2.07. The minimum Gasteiger partial charge on any atom is -0.497 e. The molecule has 0 spiro atoms. The van der Waals surface area contributed by atoms with Crippen molar-refractivity contribution < 1.29 is 4.74 Å². The zero-order valence-electron chi connectivity index (χ0n) is 13.4. The zero-order valence-corrected chi connectivity index (χ0v) is 14.2. The maximum atomic E-state index is 5.19. The van der Waals surface area contributed by atoms with Crippen LogP contribution in [0.1, 0.15) is 17.4 Å². The van der Waals surface area contributed by atoms with Crippen LogP contribution < -0.4 is 10.1 Å². The van der Waals surface area contributed by atoms with Crippen LogP contribution >= 0.6 is 11.3 Å². The van der Waals surface area contributed by atoms with Gasteiger partial charge in [-0.25, -0.2) is 4.99 Å². The van der Waals surface area contributed by atoms with E-state index in [0.29, 0.717) is 6.54 Å². The summed E-state index contributed by atoms with van der Waals surface area (Å²) in [5, 5.41) is 5.43. The van der Waals surface area contributed by atoms with Crippen molar-refractivity contribution in [3.8, 4) is 5.75 Å². The van der Waals surface area contributed by atoms with E-state index in [0.717, 1.165) is 24.8 Å². The molecule has 1 aromatic carbocycles. The first-order valence-electron chi connectivity index (χ1n) is 7.37. The van der Waals surface area contributed by atoms with Crippen LogP contribution in [0.5, 0.6) is 5.75 Å². The smallest absolute Gasteiger partial charge is 0.194 e. The van der Waals surface area contributed by atoms with Crippen LogP contribution in [0.2, 0.25) is 0 Å². The van der Waals surface area contributed by atoms with Gasteiger partial charge in [0, 0.05) is 25.0 Å². The van der Waals surface area contributed by atoms with Crippen molar-refractivity contribution in [1.82, 2.24) is 10.2 Å². The maximum absolute atomic E-state index is 5.19. The first kappa shape index (κ1) is 16.4. The van der Waals surface area contributed by atoms with Crippen LogP contribution in [0, 0.1) is 0 Å². The fourth-order valence-electron chi connectivity index (χ4n) is 2.10. The van der Waals surface area contributed by atoms with Crippen molar-refractivity contribution in [2.24, 2.45) is 4.99 Å². The molecule has 5 heteroatoms. The summed E-state index contributed by atoms with van der Waals surface area (Å²) in [6, 6.07) is 12.3. The molecule has 2 rings (SSSR count). The quantitative estimate of drug-likeness (QED) is 0.656. The summed E-state index contributed by atoms with van der Waals surface area (Å²) < 4.78 is 5.19. The number of guanidine groups is 1. The van der Waals surface area contributed by atoms with Gasteiger partial charge in [-0.15, -0.1) is 11.3 Å². The first-order valence-corrected chi connectivity index (χ1v) is 8.25. The van der Waals surface area contributed by atoms with Gasteiger partial charge in [0.15, 0.2) is 5.96 Å². The predicted molar refractivity (Wildman–Crippen MR) is 93.6 cm³/mol. The Morgan fingerprint density at radius 2 is 2.05 bits per heavy atom. The molecule has 22 heavy (non-hydrogen) atoms. The van der Waals surface area contributed by atoms with Crippen LogP contribution in [-0.4, -0.2) is 31.6 Å². The third-order valence-electron chi connectivity index (χ3n) is 3.24. The van der Waals surface area contributed by atoms with Gasteiger partial charge in [0.25, 0.3) is 0 Å². The van der Waals surface area contributed by atoms with E-state index < -0.39 is 0 Å². The SMILES string of the molecule is CCNC(=NCc1cccs1)N(C)Cc1ccc(OC)cc1. The van der Waals surface area contributed by atoms with Gasteiger partial charge >= 0.3 is 0 Å². The number of nitrogens with zero attached hydrogens (tertiary/aromatic N) is 2. The molecule has 0 bridgehead atoms. The Labute approximate surface area is 136 Å². The second-order valence-corrected chi connectivity index (χ2v) is 5.99. The van der Waals surface area contributed by atoms with Gasteiger partial charge in [-0.1, -0.05) is 18.2 Å². The van der Waals surface area contributed by atoms with Crippen molar-refractivity contribution in [2.75, 3.05) is 20.7 Å². The van der Waals surface area contributed by atoms with E-state index in [2.05, 4.69) is 53.8 Å². The number of hydrogen-bond donors (Lipinski definition) is 1. The van der Waals surface area contributed by atoms with Crippen molar-refractivity contribution in [2.45, 2.75) is 20.0 Å². The largest absolute Gasteiger partial charge is 0.497 e. The highest BCUT2D eigenvalue weighted by Crippen LogP contribution is 2.13. The van der Waals surface area contributed by atoms with Crippen LogP contribution in [0.4, 0.5) is 0 Å². The lowest BCUT2D eigenvalue weighted by molar-refractivity contribution is 0.414. The van der Waals surface area contributed by atoms with Crippen molar-refractivity contribution in [3.63, 3.8) is 0 Å². The van der Waals surface area contributed by atoms with E-state index in [-0.39, 0.29) is 0 Å². The van der Waals surface area contributed by atoms with Crippen molar-refractivity contribution in [1.29, 1.82) is 0 Å². The average molecular weight is 317 g/mol. The summed E-state index contributed by atoms with van der Waals surface area (Å²) in [5.74, 6) is 1.80. The Morgan fingerprint density at radius 3 is 2.64 bits per heavy atom. The monoisotopic (exact) mass is 317 g/mol. The highest BCUT2D eigenvalue weighted by molar-refractivity contribution is 7.09. The lowest BCUT2D eigenvalue weighted by Crippen LogP contribution is -2.38. The van der Waals surface area contributed by atoms with E-state index in [1.807, 2.05) is 12.1 Å². The number of methoxy groups -OCH3 is 1. The second kappa shape index (κ2) is 8.44. The van der Waals surface area contributed by atoms with Crippen molar-refractivity contribution in [3.05, 3.63) is 52.2 Å². The van der Waals surface area contributed by atoms with Gasteiger partial charge in [0.2, 0.25) is 0 Å². The lowest BCUT2D eigenvalue weighted by Gasteiger charge is -2.22. The Morgan fingerprint density at radius 1 is 1.27 bits per heavy atom. The van der Waals surface area contributed by atoms with E-state index in [4.69, 9.17) is 9.73 Å². The Balaban J connectivity index is 2.01. The number of aliphatic imine (C=N–C) groups is 1. The second-order valence-electron chi connectivity index (χ2n) is 4.95. The number of ether oxygens (including phenoxy) is 1. The average Bonchev–Trinajstić information content (AvgIpc) is 3.05. The molecule has 1 aromatic heterocycles. The highest BCUT2D eigenvalue weighted by atomic mass is 32.1. The molecule has 0 atom stereocenters. The molecule has 2 aromatic rings. The first-order chi connectivity index (χ1) is 10.7. The summed E-state index contributed by atoms with van der Waals surface area (Å²) in [5.41, 5.74) is 1.23. The normalized spacial score (nSPS) is 11.3. The van der Waals surface area contributed by atoms with Gasteiger partial charge in [0.1, 0.15) is 5.75 Å². The van der Waals surface area contributed by atoms with Gasteiger partial charge in [-0.05, 0) is 36.1 Å². The summed E-state index contributed by atoms with van der Waals surface area (Å²) in [7, 11) is 3.74. The number of thiophene rings is 1. The lowest BCUT2D eigenvalue weighted by atomic mass is 10.2. The summed E-state index contributed by atoms with van der Waals surface area (Å²) in [6.45, 7) is 4.46. The molecule has 118 valence electrons. The Bertz CT molecular complexity index is 578. The molecule has 0 saturated carbocycles. The van der Waals surface area contributed by atoms with E-state index in [9.17, 15) is 0 Å². The molecule has 0 amide bonds. The summed E-state index contributed by atoms with van der Waals surface area (Å²) >= 11 is 1.74. The topological polar surface area (TPSA) is 36.9 Å². The molecular weight excluding hydrogens is 294 g/mol. The molecule has 1 N–H and O–H groups in total. The van der Waals surface area contributed by atoms with Gasteiger partial charge in [0.05, 0.1) is 13.7 Å². The molecule has 0 aliphatic carbocycles. The number of rotatable bonds is 6. The molecule has 0 radical (unpaired) electrons. The van der Waals surface area contributed by atoms with Crippen LogP contribution in [0.15, 0.2) is 46.8 Å². The number of nitrogens with one attached hydrogen (secondary N) is 1. The van der Waals surface area contributed by atoms with Crippen molar-refractivity contribution >= 4 is 17.3 Å². The minimum absolute atomic E-state index is 0.715. The third-order valence-corrected chi connectivity index (χ3v) is 4.10. The number of hydrogen-bond acceptors (Lipinski definition) is 3. The van der Waals surface area contributed by atoms with E-state index in [1.165, 1.54) is 10.4 Å². The predicted octanol–water partition coefficient (Wildman–Crippen LogP) is 3.35. The van der Waals surface area contributed by atoms with Gasteiger partial charge in [-0.3, -0.25) is 0 Å². The Hall–Kier alpha value is -2.01.